The van der Waals surface area contributed by atoms with Gasteiger partial charge in [-0.25, -0.2) is 0 Å². The van der Waals surface area contributed by atoms with Crippen LogP contribution in [-0.4, -0.2) is 56.0 Å². The highest BCUT2D eigenvalue weighted by Crippen LogP contribution is 2.09. The van der Waals surface area contributed by atoms with Crippen molar-refractivity contribution < 1.29 is 4.79 Å². The molecule has 0 radical (unpaired) electrons. The summed E-state index contributed by atoms with van der Waals surface area (Å²) in [5.74, 6) is 0.116. The highest BCUT2D eigenvalue weighted by molar-refractivity contribution is 5.94. The van der Waals surface area contributed by atoms with E-state index in [0.29, 0.717) is 6.54 Å². The van der Waals surface area contributed by atoms with Gasteiger partial charge < -0.3 is 15.5 Å². The summed E-state index contributed by atoms with van der Waals surface area (Å²) in [5.41, 5.74) is 7.47. The van der Waals surface area contributed by atoms with Gasteiger partial charge in [-0.15, -0.1) is 0 Å². The molecule has 0 bridgehead atoms. The van der Waals surface area contributed by atoms with Crippen molar-refractivity contribution in [3.05, 3.63) is 35.4 Å². The molecule has 0 aliphatic carbocycles. The van der Waals surface area contributed by atoms with E-state index in [1.54, 1.807) is 0 Å². The number of hydrogen-bond acceptors (Lipinski definition) is 3. The summed E-state index contributed by atoms with van der Waals surface area (Å²) in [6, 6.07) is 7.80. The Hall–Kier alpha value is -1.39. The lowest BCUT2D eigenvalue weighted by Crippen LogP contribution is -2.33. The van der Waals surface area contributed by atoms with Gasteiger partial charge >= 0.3 is 0 Å². The van der Waals surface area contributed by atoms with Gasteiger partial charge in [0.25, 0.3) is 5.91 Å². The maximum absolute atomic E-state index is 12.4. The second-order valence-corrected chi connectivity index (χ2v) is 5.28. The van der Waals surface area contributed by atoms with Gasteiger partial charge in [0.2, 0.25) is 0 Å². The summed E-state index contributed by atoms with van der Waals surface area (Å²) in [4.78, 5) is 16.5. The second-order valence-electron chi connectivity index (χ2n) is 5.28. The lowest BCUT2D eigenvalue weighted by atomic mass is 10.1. The molecular formula is C16H27N3O. The Morgan fingerprint density at radius 2 is 1.80 bits per heavy atom. The number of nitrogens with zero attached hydrogens (tertiary/aromatic N) is 2. The Bertz CT molecular complexity index is 401. The normalized spacial score (nSPS) is 10.8. The van der Waals surface area contributed by atoms with Crippen molar-refractivity contribution in [2.24, 2.45) is 5.73 Å². The van der Waals surface area contributed by atoms with Gasteiger partial charge in [-0.3, -0.25) is 4.79 Å². The minimum absolute atomic E-state index is 0.116. The molecule has 0 unspecified atom stereocenters. The minimum atomic E-state index is 0.116. The van der Waals surface area contributed by atoms with Gasteiger partial charge in [-0.05, 0) is 64.6 Å². The molecule has 0 aliphatic rings. The number of hydrogen-bond donors (Lipinski definition) is 1. The molecule has 4 nitrogen and oxygen atoms in total. The molecule has 4 heteroatoms. The Morgan fingerprint density at radius 1 is 1.15 bits per heavy atom. The molecular weight excluding hydrogens is 250 g/mol. The Labute approximate surface area is 122 Å². The summed E-state index contributed by atoms with van der Waals surface area (Å²) in [5, 5.41) is 0. The van der Waals surface area contributed by atoms with Crippen LogP contribution in [0.3, 0.4) is 0 Å². The van der Waals surface area contributed by atoms with Crippen LogP contribution in [0.5, 0.6) is 0 Å². The Morgan fingerprint density at radius 3 is 2.30 bits per heavy atom. The average molecular weight is 277 g/mol. The lowest BCUT2D eigenvalue weighted by Gasteiger charge is -2.22. The maximum Gasteiger partial charge on any atom is 0.253 e. The molecule has 20 heavy (non-hydrogen) atoms. The smallest absolute Gasteiger partial charge is 0.253 e. The summed E-state index contributed by atoms with van der Waals surface area (Å²) >= 11 is 0. The van der Waals surface area contributed by atoms with Gasteiger partial charge in [0.1, 0.15) is 0 Å². The van der Waals surface area contributed by atoms with Crippen molar-refractivity contribution >= 4 is 5.91 Å². The summed E-state index contributed by atoms with van der Waals surface area (Å²) in [7, 11) is 4.10. The van der Waals surface area contributed by atoms with Gasteiger partial charge in [0.05, 0.1) is 0 Å². The standard InChI is InChI=1S/C16H27N3O/c1-4-19(13-5-12-18(2)3)16(20)15-8-6-14(7-9-15)10-11-17/h6-9H,4-5,10-13,17H2,1-3H3. The fourth-order valence-corrected chi connectivity index (χ4v) is 2.14. The van der Waals surface area contributed by atoms with E-state index in [-0.39, 0.29) is 5.91 Å². The van der Waals surface area contributed by atoms with Crippen molar-refractivity contribution in [3.63, 3.8) is 0 Å². The Kier molecular flexibility index (Phi) is 7.26. The third-order valence-corrected chi connectivity index (χ3v) is 3.34. The monoisotopic (exact) mass is 277 g/mol. The number of carbonyl (C=O) groups excluding carboxylic acids is 1. The highest BCUT2D eigenvalue weighted by Gasteiger charge is 2.13. The molecule has 1 aromatic rings. The molecule has 112 valence electrons. The van der Waals surface area contributed by atoms with Crippen molar-refractivity contribution in [1.82, 2.24) is 9.80 Å². The first-order chi connectivity index (χ1) is 9.58. The van der Waals surface area contributed by atoms with Crippen molar-refractivity contribution in [1.29, 1.82) is 0 Å². The summed E-state index contributed by atoms with van der Waals surface area (Å²) in [6.45, 7) is 5.21. The molecule has 1 amide bonds. The predicted octanol–water partition coefficient (Wildman–Crippen LogP) is 1.60. The van der Waals surface area contributed by atoms with Crippen LogP contribution >= 0.6 is 0 Å². The zero-order valence-corrected chi connectivity index (χ0v) is 12.9. The van der Waals surface area contributed by atoms with E-state index >= 15 is 0 Å². The molecule has 0 saturated heterocycles. The molecule has 1 aromatic carbocycles. The lowest BCUT2D eigenvalue weighted by molar-refractivity contribution is 0.0759. The summed E-state index contributed by atoms with van der Waals surface area (Å²) < 4.78 is 0. The molecule has 0 saturated carbocycles. The quantitative estimate of drug-likeness (QED) is 0.785. The van der Waals surface area contributed by atoms with Gasteiger partial charge in [0.15, 0.2) is 0 Å². The number of benzene rings is 1. The molecule has 0 fully saturated rings. The first kappa shape index (κ1) is 16.7. The van der Waals surface area contributed by atoms with Gasteiger partial charge in [-0.1, -0.05) is 12.1 Å². The van der Waals surface area contributed by atoms with Crippen LogP contribution in [0.15, 0.2) is 24.3 Å². The van der Waals surface area contributed by atoms with E-state index < -0.39 is 0 Å². The number of rotatable bonds is 8. The van der Waals surface area contributed by atoms with Crippen LogP contribution in [0, 0.1) is 0 Å². The van der Waals surface area contributed by atoms with Gasteiger partial charge in [0, 0.05) is 18.7 Å². The van der Waals surface area contributed by atoms with E-state index in [4.69, 9.17) is 5.73 Å². The van der Waals surface area contributed by atoms with Crippen molar-refractivity contribution in [2.75, 3.05) is 40.3 Å². The number of carbonyl (C=O) groups is 1. The van der Waals surface area contributed by atoms with Crippen LogP contribution in [0.2, 0.25) is 0 Å². The van der Waals surface area contributed by atoms with Gasteiger partial charge in [-0.2, -0.15) is 0 Å². The van der Waals surface area contributed by atoms with E-state index in [0.717, 1.165) is 38.0 Å². The number of amides is 1. The minimum Gasteiger partial charge on any atom is -0.339 e. The molecule has 0 aromatic heterocycles. The van der Waals surface area contributed by atoms with Crippen LogP contribution in [0.1, 0.15) is 29.3 Å². The largest absolute Gasteiger partial charge is 0.339 e. The van der Waals surface area contributed by atoms with E-state index in [9.17, 15) is 4.79 Å². The third kappa shape index (κ3) is 5.31. The zero-order chi connectivity index (χ0) is 15.0. The fraction of sp³-hybridized carbons (Fsp3) is 0.562. The number of nitrogens with two attached hydrogens (primary N) is 1. The van der Waals surface area contributed by atoms with E-state index in [1.165, 1.54) is 5.56 Å². The molecule has 0 heterocycles. The second kappa shape index (κ2) is 8.72. The van der Waals surface area contributed by atoms with Crippen molar-refractivity contribution in [2.45, 2.75) is 19.8 Å². The molecule has 2 N–H and O–H groups in total. The SMILES string of the molecule is CCN(CCCN(C)C)C(=O)c1ccc(CCN)cc1. The topological polar surface area (TPSA) is 49.6 Å². The fourth-order valence-electron chi connectivity index (χ4n) is 2.14. The average Bonchev–Trinajstić information content (AvgIpc) is 2.44. The molecule has 0 atom stereocenters. The molecule has 0 spiro atoms. The third-order valence-electron chi connectivity index (χ3n) is 3.34. The van der Waals surface area contributed by atoms with E-state index in [2.05, 4.69) is 4.90 Å². The van der Waals surface area contributed by atoms with Crippen LogP contribution < -0.4 is 5.73 Å². The van der Waals surface area contributed by atoms with Crippen LogP contribution in [0.25, 0.3) is 0 Å². The first-order valence-corrected chi connectivity index (χ1v) is 7.31. The first-order valence-electron chi connectivity index (χ1n) is 7.31. The van der Waals surface area contributed by atoms with Crippen LogP contribution in [-0.2, 0) is 6.42 Å². The van der Waals surface area contributed by atoms with Crippen LogP contribution in [0.4, 0.5) is 0 Å². The maximum atomic E-state index is 12.4. The summed E-state index contributed by atoms with van der Waals surface area (Å²) in [6.07, 6.45) is 1.85. The zero-order valence-electron chi connectivity index (χ0n) is 12.9. The molecule has 0 aliphatic heterocycles. The van der Waals surface area contributed by atoms with E-state index in [1.807, 2.05) is 50.2 Å². The Balaban J connectivity index is 2.60. The van der Waals surface area contributed by atoms with Crippen molar-refractivity contribution in [3.8, 4) is 0 Å². The molecule has 1 rings (SSSR count). The predicted molar refractivity (Wildman–Crippen MR) is 83.9 cm³/mol. The highest BCUT2D eigenvalue weighted by atomic mass is 16.2.